The van der Waals surface area contributed by atoms with Crippen molar-refractivity contribution in [2.45, 2.75) is 116 Å². The van der Waals surface area contributed by atoms with Crippen molar-refractivity contribution in [2.75, 3.05) is 0 Å². The molecule has 0 bridgehead atoms. The predicted molar refractivity (Wildman–Crippen MR) is 140 cm³/mol. The maximum atomic E-state index is 2.44. The molecule has 0 aromatic heterocycles. The first kappa shape index (κ1) is 24.1. The first-order chi connectivity index (χ1) is 15.7. The molecule has 1 unspecified atom stereocenters. The molecule has 0 nitrogen and oxygen atoms in total. The molecule has 1 aromatic rings. The van der Waals surface area contributed by atoms with E-state index in [-0.39, 0.29) is 0 Å². The van der Waals surface area contributed by atoms with Crippen LogP contribution in [0.1, 0.15) is 122 Å². The van der Waals surface area contributed by atoms with Crippen LogP contribution in [0, 0.1) is 35.5 Å². The molecule has 0 amide bonds. The van der Waals surface area contributed by atoms with Gasteiger partial charge in [-0.3, -0.25) is 0 Å². The van der Waals surface area contributed by atoms with Gasteiger partial charge in [-0.25, -0.2) is 0 Å². The van der Waals surface area contributed by atoms with Crippen LogP contribution in [0.3, 0.4) is 0 Å². The molecule has 0 spiro atoms. The molecule has 0 N–H and O–H groups in total. The van der Waals surface area contributed by atoms with Crippen LogP contribution in [0.25, 0.3) is 0 Å². The van der Waals surface area contributed by atoms with Crippen LogP contribution in [-0.4, -0.2) is 0 Å². The molecular formula is C32H50. The van der Waals surface area contributed by atoms with Gasteiger partial charge in [0.1, 0.15) is 0 Å². The summed E-state index contributed by atoms with van der Waals surface area (Å²) in [5.41, 5.74) is 1.54. The number of hydrogen-bond acceptors (Lipinski definition) is 0. The van der Waals surface area contributed by atoms with Gasteiger partial charge in [-0.05, 0) is 125 Å². The highest BCUT2D eigenvalue weighted by Crippen LogP contribution is 2.47. The van der Waals surface area contributed by atoms with Gasteiger partial charge in [-0.15, -0.1) is 0 Å². The van der Waals surface area contributed by atoms with Crippen molar-refractivity contribution < 1.29 is 0 Å². The van der Waals surface area contributed by atoms with Gasteiger partial charge in [0.15, 0.2) is 0 Å². The average Bonchev–Trinajstić information content (AvgIpc) is 2.86. The third kappa shape index (κ3) is 6.74. The summed E-state index contributed by atoms with van der Waals surface area (Å²) >= 11 is 0. The topological polar surface area (TPSA) is 0 Å². The summed E-state index contributed by atoms with van der Waals surface area (Å²) in [5, 5.41) is 0. The van der Waals surface area contributed by atoms with E-state index in [2.05, 4.69) is 56.3 Å². The van der Waals surface area contributed by atoms with Gasteiger partial charge in [-0.2, -0.15) is 0 Å². The van der Waals surface area contributed by atoms with E-state index in [4.69, 9.17) is 0 Å². The first-order valence-electron chi connectivity index (χ1n) is 14.4. The minimum Gasteiger partial charge on any atom is -0.0917 e. The van der Waals surface area contributed by atoms with Gasteiger partial charge >= 0.3 is 0 Å². The Kier molecular flexibility index (Phi) is 9.36. The highest BCUT2D eigenvalue weighted by Gasteiger charge is 2.34. The maximum absolute atomic E-state index is 2.44. The minimum absolute atomic E-state index is 0.728. The van der Waals surface area contributed by atoms with Crippen molar-refractivity contribution in [3.8, 4) is 0 Å². The zero-order valence-corrected chi connectivity index (χ0v) is 21.2. The fourth-order valence-corrected chi connectivity index (χ4v) is 7.85. The van der Waals surface area contributed by atoms with E-state index in [1.54, 1.807) is 44.1 Å². The van der Waals surface area contributed by atoms with E-state index in [1.807, 2.05) is 0 Å². The fraction of sp³-hybridized carbons (Fsp3) is 0.750. The second-order valence-electron chi connectivity index (χ2n) is 11.9. The molecule has 1 aromatic carbocycles. The van der Waals surface area contributed by atoms with Crippen LogP contribution >= 0.6 is 0 Å². The summed E-state index contributed by atoms with van der Waals surface area (Å²) in [4.78, 5) is 0. The Bertz CT molecular complexity index is 649. The summed E-state index contributed by atoms with van der Waals surface area (Å²) in [7, 11) is 0. The third-order valence-electron chi connectivity index (χ3n) is 9.97. The molecule has 1 atom stereocenters. The van der Waals surface area contributed by atoms with Crippen molar-refractivity contribution in [3.63, 3.8) is 0 Å². The van der Waals surface area contributed by atoms with Crippen LogP contribution in [0.15, 0.2) is 42.5 Å². The van der Waals surface area contributed by atoms with Crippen LogP contribution in [0.5, 0.6) is 0 Å². The van der Waals surface area contributed by atoms with Gasteiger partial charge < -0.3 is 0 Å². The summed E-state index contributed by atoms with van der Waals surface area (Å²) in [6.45, 7) is 4.60. The molecule has 4 rings (SSSR count). The van der Waals surface area contributed by atoms with Crippen molar-refractivity contribution in [1.82, 2.24) is 0 Å². The van der Waals surface area contributed by atoms with E-state index < -0.39 is 0 Å². The van der Waals surface area contributed by atoms with Crippen LogP contribution in [-0.2, 0) is 0 Å². The molecule has 3 aliphatic carbocycles. The molecule has 3 fully saturated rings. The third-order valence-corrected chi connectivity index (χ3v) is 9.97. The summed E-state index contributed by atoms with van der Waals surface area (Å²) in [6, 6.07) is 11.2. The normalized spacial score (nSPS) is 35.1. The second kappa shape index (κ2) is 12.4. The van der Waals surface area contributed by atoms with Gasteiger partial charge in [0.2, 0.25) is 0 Å². The molecule has 178 valence electrons. The molecular weight excluding hydrogens is 384 g/mol. The number of allylic oxidation sites excluding steroid dienone is 2. The lowest BCUT2D eigenvalue weighted by Gasteiger charge is -2.41. The summed E-state index contributed by atoms with van der Waals surface area (Å²) < 4.78 is 0. The largest absolute Gasteiger partial charge is 0.0917 e. The molecule has 3 saturated carbocycles. The molecule has 0 heterocycles. The fourth-order valence-electron chi connectivity index (χ4n) is 7.85. The molecule has 0 radical (unpaired) electrons. The Morgan fingerprint density at radius 3 is 1.66 bits per heavy atom. The zero-order valence-electron chi connectivity index (χ0n) is 21.2. The predicted octanol–water partition coefficient (Wildman–Crippen LogP) is 9.96. The smallest absolute Gasteiger partial charge is 0.0188 e. The molecule has 0 saturated heterocycles. The Labute approximate surface area is 199 Å². The van der Waals surface area contributed by atoms with E-state index in [1.165, 1.54) is 57.8 Å². The molecule has 0 aliphatic heterocycles. The SMILES string of the molecule is C/C=C/CCC1CCC(C2CCC(C3CCC(CC(C)c4ccccc4)CC3)CC2)CC1. The first-order valence-corrected chi connectivity index (χ1v) is 14.4. The maximum Gasteiger partial charge on any atom is -0.0188 e. The molecule has 32 heavy (non-hydrogen) atoms. The Hall–Kier alpha value is -1.04. The molecule has 0 heteroatoms. The summed E-state index contributed by atoms with van der Waals surface area (Å²) in [6.07, 6.45) is 27.2. The quantitative estimate of drug-likeness (QED) is 0.357. The van der Waals surface area contributed by atoms with Gasteiger partial charge in [0, 0.05) is 0 Å². The molecule has 3 aliphatic rings. The van der Waals surface area contributed by atoms with Crippen LogP contribution < -0.4 is 0 Å². The monoisotopic (exact) mass is 434 g/mol. The second-order valence-corrected chi connectivity index (χ2v) is 11.9. The van der Waals surface area contributed by atoms with Crippen molar-refractivity contribution in [3.05, 3.63) is 48.0 Å². The van der Waals surface area contributed by atoms with E-state index in [0.29, 0.717) is 0 Å². The lowest BCUT2D eigenvalue weighted by Crippen LogP contribution is -2.30. The Morgan fingerprint density at radius 2 is 1.16 bits per heavy atom. The van der Waals surface area contributed by atoms with Crippen LogP contribution in [0.2, 0.25) is 0 Å². The lowest BCUT2D eigenvalue weighted by molar-refractivity contribution is 0.102. The lowest BCUT2D eigenvalue weighted by atomic mass is 9.64. The number of rotatable bonds is 8. The Balaban J connectivity index is 1.13. The zero-order chi connectivity index (χ0) is 22.2. The van der Waals surface area contributed by atoms with Gasteiger partial charge in [0.05, 0.1) is 0 Å². The van der Waals surface area contributed by atoms with Gasteiger partial charge in [-0.1, -0.05) is 75.1 Å². The summed E-state index contributed by atoms with van der Waals surface area (Å²) in [5.74, 6) is 7.00. The van der Waals surface area contributed by atoms with E-state index in [0.717, 1.165) is 41.4 Å². The minimum atomic E-state index is 0.728. The van der Waals surface area contributed by atoms with E-state index >= 15 is 0 Å². The highest BCUT2D eigenvalue weighted by molar-refractivity contribution is 5.18. The highest BCUT2D eigenvalue weighted by atomic mass is 14.4. The van der Waals surface area contributed by atoms with E-state index in [9.17, 15) is 0 Å². The number of benzene rings is 1. The van der Waals surface area contributed by atoms with Crippen molar-refractivity contribution >= 4 is 0 Å². The van der Waals surface area contributed by atoms with Gasteiger partial charge in [0.25, 0.3) is 0 Å². The van der Waals surface area contributed by atoms with Crippen molar-refractivity contribution in [1.29, 1.82) is 0 Å². The van der Waals surface area contributed by atoms with Crippen LogP contribution in [0.4, 0.5) is 0 Å². The number of hydrogen-bond donors (Lipinski definition) is 0. The van der Waals surface area contributed by atoms with Crippen molar-refractivity contribution in [2.24, 2.45) is 35.5 Å². The average molecular weight is 435 g/mol. The standard InChI is InChI=1S/C32H50/c1-3-4-6-9-26-12-16-29(17-13-26)31-20-22-32(23-21-31)30-18-14-27(15-19-30)24-25(2)28-10-7-5-8-11-28/h3-5,7-8,10-11,25-27,29-32H,6,9,12-24H2,1-2H3/b4-3+. The Morgan fingerprint density at radius 1 is 0.688 bits per heavy atom.